The Labute approximate surface area is 216 Å². The molecule has 0 saturated heterocycles. The van der Waals surface area contributed by atoms with E-state index < -0.39 is 17.5 Å². The van der Waals surface area contributed by atoms with Gasteiger partial charge in [-0.1, -0.05) is 29.5 Å². The van der Waals surface area contributed by atoms with Gasteiger partial charge in [-0.3, -0.25) is 14.9 Å². The summed E-state index contributed by atoms with van der Waals surface area (Å²) in [7, 11) is 0. The van der Waals surface area contributed by atoms with Gasteiger partial charge in [0, 0.05) is 17.7 Å². The molecule has 0 bridgehead atoms. The molecule has 4 aromatic carbocycles. The van der Waals surface area contributed by atoms with Crippen LogP contribution >= 0.6 is 0 Å². The Hall–Kier alpha value is -5.38. The molecule has 0 spiro atoms. The maximum absolute atomic E-state index is 12.5. The number of esters is 1. The molecule has 188 valence electrons. The molecule has 0 radical (unpaired) electrons. The number of fused-ring (bicyclic) bond motifs is 1. The highest BCUT2D eigenvalue weighted by molar-refractivity contribution is 5.99. The predicted molar refractivity (Wildman–Crippen MR) is 137 cm³/mol. The van der Waals surface area contributed by atoms with Gasteiger partial charge in [-0.15, -0.1) is 5.10 Å². The molecule has 38 heavy (non-hydrogen) atoms. The molecule has 1 aromatic heterocycles. The molecule has 0 saturated carbocycles. The number of carbonyl (C=O) groups is 2. The molecule has 10 nitrogen and oxygen atoms in total. The van der Waals surface area contributed by atoms with Crippen molar-refractivity contribution in [3.8, 4) is 11.5 Å². The van der Waals surface area contributed by atoms with Crippen molar-refractivity contribution >= 4 is 28.5 Å². The highest BCUT2D eigenvalue weighted by atomic mass is 16.6. The summed E-state index contributed by atoms with van der Waals surface area (Å²) in [5.74, 6) is -0.0974. The maximum atomic E-state index is 12.5. The fourth-order valence-electron chi connectivity index (χ4n) is 3.73. The first-order chi connectivity index (χ1) is 18.5. The number of ether oxygens (including phenoxy) is 2. The number of ketones is 1. The lowest BCUT2D eigenvalue weighted by Crippen LogP contribution is -2.14. The van der Waals surface area contributed by atoms with Gasteiger partial charge in [-0.25, -0.2) is 9.48 Å². The number of non-ortho nitro benzene ring substituents is 1. The quantitative estimate of drug-likeness (QED) is 0.115. The van der Waals surface area contributed by atoms with Crippen molar-refractivity contribution in [3.05, 3.63) is 124 Å². The Morgan fingerprint density at radius 1 is 0.816 bits per heavy atom. The molecule has 0 N–H and O–H groups in total. The van der Waals surface area contributed by atoms with Crippen LogP contribution in [0.25, 0.3) is 11.0 Å². The Bertz CT molecular complexity index is 1610. The van der Waals surface area contributed by atoms with E-state index in [9.17, 15) is 19.7 Å². The Morgan fingerprint density at radius 2 is 1.45 bits per heavy atom. The van der Waals surface area contributed by atoms with Gasteiger partial charge < -0.3 is 9.47 Å². The van der Waals surface area contributed by atoms with Gasteiger partial charge in [0.2, 0.25) is 0 Å². The number of para-hydroxylation sites is 1. The molecular weight excluding hydrogens is 488 g/mol. The summed E-state index contributed by atoms with van der Waals surface area (Å²) >= 11 is 0. The number of nitro groups is 1. The largest absolute Gasteiger partial charge is 0.457 e. The second-order valence-electron chi connectivity index (χ2n) is 8.31. The van der Waals surface area contributed by atoms with Crippen molar-refractivity contribution < 1.29 is 24.0 Å². The van der Waals surface area contributed by atoms with Gasteiger partial charge in [0.1, 0.15) is 17.0 Å². The molecule has 5 rings (SSSR count). The van der Waals surface area contributed by atoms with Crippen LogP contribution in [-0.2, 0) is 11.3 Å². The van der Waals surface area contributed by atoms with Crippen LogP contribution in [0.1, 0.15) is 26.3 Å². The van der Waals surface area contributed by atoms with Gasteiger partial charge in [0.15, 0.2) is 12.4 Å². The summed E-state index contributed by atoms with van der Waals surface area (Å²) in [5.41, 5.74) is 3.30. The van der Waals surface area contributed by atoms with Crippen LogP contribution in [0.4, 0.5) is 5.69 Å². The monoisotopic (exact) mass is 508 g/mol. The number of nitrogens with zero attached hydrogens (tertiary/aromatic N) is 4. The third kappa shape index (κ3) is 5.54. The fourth-order valence-corrected chi connectivity index (χ4v) is 3.73. The Kier molecular flexibility index (Phi) is 6.85. The molecule has 0 aliphatic rings. The van der Waals surface area contributed by atoms with Crippen molar-refractivity contribution in [2.75, 3.05) is 6.61 Å². The van der Waals surface area contributed by atoms with E-state index in [1.165, 1.54) is 24.3 Å². The van der Waals surface area contributed by atoms with Crippen molar-refractivity contribution in [2.45, 2.75) is 6.54 Å². The molecule has 10 heteroatoms. The van der Waals surface area contributed by atoms with E-state index in [4.69, 9.17) is 9.47 Å². The van der Waals surface area contributed by atoms with Crippen molar-refractivity contribution in [1.82, 2.24) is 15.0 Å². The number of carbonyl (C=O) groups excluding carboxylic acids is 2. The van der Waals surface area contributed by atoms with Crippen molar-refractivity contribution in [1.29, 1.82) is 0 Å². The molecule has 0 unspecified atom stereocenters. The molecule has 0 atom stereocenters. The summed E-state index contributed by atoms with van der Waals surface area (Å²) in [6, 6.07) is 26.5. The standard InChI is InChI=1S/C28H20N4O6/c33-27(20-9-13-23(14-10-20)38-24-15-11-22(12-16-24)32(35)36)18-37-28(34)21-7-5-19(6-8-21)17-31-26-4-2-1-3-25(26)29-30-31/h1-16H,17-18H2. The van der Waals surface area contributed by atoms with E-state index in [0.29, 0.717) is 29.2 Å². The average molecular weight is 508 g/mol. The molecule has 1 heterocycles. The van der Waals surface area contributed by atoms with Gasteiger partial charge in [0.05, 0.1) is 22.5 Å². The Balaban J connectivity index is 1.13. The summed E-state index contributed by atoms with van der Waals surface area (Å²) in [6.45, 7) is 0.0896. The Morgan fingerprint density at radius 3 is 2.13 bits per heavy atom. The highest BCUT2D eigenvalue weighted by Crippen LogP contribution is 2.24. The zero-order chi connectivity index (χ0) is 26.5. The average Bonchev–Trinajstić information content (AvgIpc) is 3.35. The van der Waals surface area contributed by atoms with E-state index in [-0.39, 0.29) is 11.5 Å². The lowest BCUT2D eigenvalue weighted by atomic mass is 10.1. The molecule has 5 aromatic rings. The molecular formula is C28H20N4O6. The molecule has 0 amide bonds. The predicted octanol–water partition coefficient (Wildman–Crippen LogP) is 5.22. The summed E-state index contributed by atoms with van der Waals surface area (Å²) < 4.78 is 12.6. The summed E-state index contributed by atoms with van der Waals surface area (Å²) in [6.07, 6.45) is 0. The number of nitro benzene ring substituents is 1. The van der Waals surface area contributed by atoms with E-state index >= 15 is 0 Å². The lowest BCUT2D eigenvalue weighted by molar-refractivity contribution is -0.384. The van der Waals surface area contributed by atoms with E-state index in [1.807, 2.05) is 24.3 Å². The lowest BCUT2D eigenvalue weighted by Gasteiger charge is -2.08. The number of Topliss-reactive ketones (excluding diaryl/α,β-unsaturated/α-hetero) is 1. The third-order valence-corrected chi connectivity index (χ3v) is 5.74. The number of rotatable bonds is 9. The second kappa shape index (κ2) is 10.7. The topological polar surface area (TPSA) is 126 Å². The summed E-state index contributed by atoms with van der Waals surface area (Å²) in [5, 5.41) is 19.1. The van der Waals surface area contributed by atoms with Gasteiger partial charge in [0.25, 0.3) is 5.69 Å². The molecule has 0 aliphatic heterocycles. The second-order valence-corrected chi connectivity index (χ2v) is 8.31. The zero-order valence-electron chi connectivity index (χ0n) is 19.9. The van der Waals surface area contributed by atoms with Crippen molar-refractivity contribution in [3.63, 3.8) is 0 Å². The maximum Gasteiger partial charge on any atom is 0.338 e. The van der Waals surface area contributed by atoms with Crippen LogP contribution < -0.4 is 4.74 Å². The number of aromatic nitrogens is 3. The minimum absolute atomic E-state index is 0.0377. The number of benzene rings is 4. The summed E-state index contributed by atoms with van der Waals surface area (Å²) in [4.78, 5) is 35.2. The van der Waals surface area contributed by atoms with Crippen LogP contribution in [0, 0.1) is 10.1 Å². The first-order valence-corrected chi connectivity index (χ1v) is 11.6. The van der Waals surface area contributed by atoms with Gasteiger partial charge in [-0.05, 0) is 66.2 Å². The normalized spacial score (nSPS) is 10.7. The third-order valence-electron chi connectivity index (χ3n) is 5.74. The fraction of sp³-hybridized carbons (Fsp3) is 0.0714. The van der Waals surface area contributed by atoms with Gasteiger partial charge >= 0.3 is 5.97 Å². The van der Waals surface area contributed by atoms with Crippen LogP contribution in [0.3, 0.4) is 0 Å². The highest BCUT2D eigenvalue weighted by Gasteiger charge is 2.13. The van der Waals surface area contributed by atoms with Crippen molar-refractivity contribution in [2.24, 2.45) is 0 Å². The minimum atomic E-state index is -0.603. The number of hydrogen-bond acceptors (Lipinski definition) is 8. The molecule has 0 aliphatic carbocycles. The van der Waals surface area contributed by atoms with E-state index in [1.54, 1.807) is 53.2 Å². The molecule has 0 fully saturated rings. The minimum Gasteiger partial charge on any atom is -0.457 e. The van der Waals surface area contributed by atoms with Crippen LogP contribution in [-0.4, -0.2) is 38.3 Å². The first kappa shape index (κ1) is 24.3. The number of hydrogen-bond donors (Lipinski definition) is 0. The van der Waals surface area contributed by atoms with E-state index in [2.05, 4.69) is 10.3 Å². The van der Waals surface area contributed by atoms with Crippen LogP contribution in [0.2, 0.25) is 0 Å². The smallest absolute Gasteiger partial charge is 0.338 e. The SMILES string of the molecule is O=C(COC(=O)c1ccc(Cn2nnc3ccccc32)cc1)c1ccc(Oc2ccc([N+](=O)[O-])cc2)cc1. The van der Waals surface area contributed by atoms with E-state index in [0.717, 1.165) is 16.6 Å². The van der Waals surface area contributed by atoms with Gasteiger partial charge in [-0.2, -0.15) is 0 Å². The first-order valence-electron chi connectivity index (χ1n) is 11.6. The van der Waals surface area contributed by atoms with Crippen LogP contribution in [0.5, 0.6) is 11.5 Å². The van der Waals surface area contributed by atoms with Crippen LogP contribution in [0.15, 0.2) is 97.1 Å². The zero-order valence-corrected chi connectivity index (χ0v) is 19.9.